The van der Waals surface area contributed by atoms with E-state index in [1.165, 1.54) is 16.7 Å². The summed E-state index contributed by atoms with van der Waals surface area (Å²) in [4.78, 5) is 22.5. The molecule has 1 aliphatic carbocycles. The Kier molecular flexibility index (Phi) is 2.71. The zero-order valence-corrected chi connectivity index (χ0v) is 11.7. The van der Waals surface area contributed by atoms with Crippen molar-refractivity contribution < 1.29 is 0 Å². The molecule has 0 atom stereocenters. The molecule has 3 rings (SSSR count). The monoisotopic (exact) mass is 270 g/mol. The Labute approximate surface area is 117 Å². The Balaban J connectivity index is 1.81. The lowest BCUT2D eigenvalue weighted by Crippen LogP contribution is -2.38. The highest BCUT2D eigenvalue weighted by atomic mass is 16.2. The third-order valence-corrected chi connectivity index (χ3v) is 4.36. The van der Waals surface area contributed by atoms with Crippen LogP contribution in [-0.4, -0.2) is 6.54 Å². The summed E-state index contributed by atoms with van der Waals surface area (Å²) in [5, 5.41) is 3.08. The van der Waals surface area contributed by atoms with Gasteiger partial charge in [-0.2, -0.15) is 0 Å². The van der Waals surface area contributed by atoms with Crippen molar-refractivity contribution in [3.05, 3.63) is 55.3 Å². The van der Waals surface area contributed by atoms with Crippen molar-refractivity contribution in [1.82, 2.24) is 0 Å². The van der Waals surface area contributed by atoms with E-state index in [2.05, 4.69) is 37.4 Å². The molecule has 4 nitrogen and oxygen atoms in total. The number of nitrogen functional groups attached to an aromatic ring is 1. The van der Waals surface area contributed by atoms with Crippen molar-refractivity contribution in [2.75, 3.05) is 17.6 Å². The third kappa shape index (κ3) is 1.83. The number of benzene rings is 1. The van der Waals surface area contributed by atoms with Crippen molar-refractivity contribution in [3.63, 3.8) is 0 Å². The molecule has 0 saturated heterocycles. The van der Waals surface area contributed by atoms with Crippen LogP contribution in [0.3, 0.4) is 0 Å². The second-order valence-electron chi connectivity index (χ2n) is 5.90. The van der Waals surface area contributed by atoms with Gasteiger partial charge in [0.1, 0.15) is 11.4 Å². The molecule has 1 fully saturated rings. The van der Waals surface area contributed by atoms with Gasteiger partial charge in [0.05, 0.1) is 0 Å². The molecule has 0 amide bonds. The Morgan fingerprint density at radius 2 is 1.90 bits per heavy atom. The standard InChI is InChI=1S/C16H18N2O2/c1-9-3-4-11(10(2)7-9)16(5-6-16)8-18-13-12(17)14(19)15(13)20/h3-4,7,18H,5-6,8,17H2,1-2H3. The highest BCUT2D eigenvalue weighted by molar-refractivity contribution is 5.71. The van der Waals surface area contributed by atoms with Gasteiger partial charge in [-0.05, 0) is 37.8 Å². The Morgan fingerprint density at radius 1 is 1.20 bits per heavy atom. The quantitative estimate of drug-likeness (QED) is 0.828. The molecule has 3 N–H and O–H groups in total. The highest BCUT2D eigenvalue weighted by Gasteiger charge is 2.45. The molecule has 0 spiro atoms. The topological polar surface area (TPSA) is 72.2 Å². The van der Waals surface area contributed by atoms with Crippen molar-refractivity contribution >= 4 is 11.4 Å². The fourth-order valence-electron chi connectivity index (χ4n) is 2.94. The van der Waals surface area contributed by atoms with Gasteiger partial charge in [-0.3, -0.25) is 9.59 Å². The van der Waals surface area contributed by atoms with Gasteiger partial charge in [-0.1, -0.05) is 23.8 Å². The molecule has 1 saturated carbocycles. The first-order valence-corrected chi connectivity index (χ1v) is 6.85. The van der Waals surface area contributed by atoms with Crippen LogP contribution in [-0.2, 0) is 5.41 Å². The number of nitrogens with one attached hydrogen (secondary N) is 1. The van der Waals surface area contributed by atoms with Crippen molar-refractivity contribution in [2.45, 2.75) is 32.1 Å². The van der Waals surface area contributed by atoms with Gasteiger partial charge >= 0.3 is 0 Å². The van der Waals surface area contributed by atoms with E-state index >= 15 is 0 Å². The van der Waals surface area contributed by atoms with Crippen LogP contribution >= 0.6 is 0 Å². The third-order valence-electron chi connectivity index (χ3n) is 4.36. The molecule has 0 heterocycles. The smallest absolute Gasteiger partial charge is 0.253 e. The van der Waals surface area contributed by atoms with E-state index in [0.717, 1.165) is 12.8 Å². The number of anilines is 2. The molecule has 2 aromatic carbocycles. The fourth-order valence-corrected chi connectivity index (χ4v) is 2.94. The van der Waals surface area contributed by atoms with Crippen molar-refractivity contribution in [1.29, 1.82) is 0 Å². The van der Waals surface area contributed by atoms with Gasteiger partial charge in [-0.25, -0.2) is 0 Å². The summed E-state index contributed by atoms with van der Waals surface area (Å²) < 4.78 is 0. The number of aryl methyl sites for hydroxylation is 2. The minimum Gasteiger partial charge on any atom is -0.394 e. The van der Waals surface area contributed by atoms with Gasteiger partial charge in [0.25, 0.3) is 10.9 Å². The summed E-state index contributed by atoms with van der Waals surface area (Å²) in [6, 6.07) is 6.47. The zero-order chi connectivity index (χ0) is 14.5. The summed E-state index contributed by atoms with van der Waals surface area (Å²) >= 11 is 0. The summed E-state index contributed by atoms with van der Waals surface area (Å²) in [6.45, 7) is 4.86. The maximum absolute atomic E-state index is 11.4. The van der Waals surface area contributed by atoms with E-state index in [4.69, 9.17) is 5.73 Å². The van der Waals surface area contributed by atoms with E-state index < -0.39 is 10.9 Å². The molecule has 0 aliphatic heterocycles. The lowest BCUT2D eigenvalue weighted by molar-refractivity contribution is 0.725. The SMILES string of the molecule is Cc1ccc(C2(CNc3c(N)c(=O)c3=O)CC2)c(C)c1. The first-order valence-electron chi connectivity index (χ1n) is 6.85. The van der Waals surface area contributed by atoms with Crippen molar-refractivity contribution in [2.24, 2.45) is 0 Å². The number of hydrogen-bond donors (Lipinski definition) is 2. The summed E-state index contributed by atoms with van der Waals surface area (Å²) in [6.07, 6.45) is 2.19. The Morgan fingerprint density at radius 3 is 2.45 bits per heavy atom. The molecule has 20 heavy (non-hydrogen) atoms. The Hall–Kier alpha value is -2.10. The summed E-state index contributed by atoms with van der Waals surface area (Å²) in [5.41, 5.74) is 8.81. The maximum atomic E-state index is 11.4. The van der Waals surface area contributed by atoms with Crippen LogP contribution < -0.4 is 21.9 Å². The lowest BCUT2D eigenvalue weighted by Gasteiger charge is -2.21. The molecular formula is C16H18N2O2. The number of rotatable bonds is 4. The molecule has 0 unspecified atom stereocenters. The van der Waals surface area contributed by atoms with Crippen LogP contribution in [0.15, 0.2) is 27.8 Å². The number of nitrogens with two attached hydrogens (primary N) is 1. The van der Waals surface area contributed by atoms with Crippen LogP contribution in [0.4, 0.5) is 11.4 Å². The van der Waals surface area contributed by atoms with Crippen molar-refractivity contribution in [3.8, 4) is 0 Å². The average molecular weight is 270 g/mol. The van der Waals surface area contributed by atoms with Gasteiger partial charge < -0.3 is 11.1 Å². The molecule has 0 radical (unpaired) electrons. The van der Waals surface area contributed by atoms with Gasteiger partial charge in [0, 0.05) is 12.0 Å². The van der Waals surface area contributed by atoms with E-state index in [1.807, 2.05) is 0 Å². The molecule has 0 aromatic heterocycles. The first-order chi connectivity index (χ1) is 9.44. The van der Waals surface area contributed by atoms with E-state index in [-0.39, 0.29) is 11.1 Å². The van der Waals surface area contributed by atoms with E-state index in [9.17, 15) is 9.59 Å². The maximum Gasteiger partial charge on any atom is 0.253 e. The van der Waals surface area contributed by atoms with Crippen LogP contribution in [0.5, 0.6) is 0 Å². The largest absolute Gasteiger partial charge is 0.394 e. The molecule has 0 bridgehead atoms. The molecular weight excluding hydrogens is 252 g/mol. The predicted octanol–water partition coefficient (Wildman–Crippen LogP) is 1.63. The summed E-state index contributed by atoms with van der Waals surface area (Å²) in [7, 11) is 0. The second-order valence-corrected chi connectivity index (χ2v) is 5.90. The normalized spacial score (nSPS) is 16.3. The minimum atomic E-state index is -0.566. The Bertz CT molecular complexity index is 750. The zero-order valence-electron chi connectivity index (χ0n) is 11.7. The van der Waals surface area contributed by atoms with E-state index in [0.29, 0.717) is 12.2 Å². The van der Waals surface area contributed by atoms with Gasteiger partial charge in [0.15, 0.2) is 0 Å². The molecule has 1 aliphatic rings. The average Bonchev–Trinajstić information content (AvgIpc) is 3.19. The van der Waals surface area contributed by atoms with Crippen LogP contribution in [0.25, 0.3) is 0 Å². The molecule has 4 heteroatoms. The lowest BCUT2D eigenvalue weighted by atomic mass is 9.90. The minimum absolute atomic E-state index is 0.0754. The summed E-state index contributed by atoms with van der Waals surface area (Å²) in [5.74, 6) is 0. The fraction of sp³-hybridized carbons (Fsp3) is 0.375. The molecule has 104 valence electrons. The molecule has 2 aromatic rings. The highest BCUT2D eigenvalue weighted by Crippen LogP contribution is 2.49. The van der Waals surface area contributed by atoms with Crippen LogP contribution in [0.2, 0.25) is 0 Å². The number of hydrogen-bond acceptors (Lipinski definition) is 4. The van der Waals surface area contributed by atoms with Gasteiger partial charge in [-0.15, -0.1) is 0 Å². The second kappa shape index (κ2) is 4.20. The first kappa shape index (κ1) is 12.9. The van der Waals surface area contributed by atoms with E-state index in [1.54, 1.807) is 0 Å². The van der Waals surface area contributed by atoms with Crippen LogP contribution in [0, 0.1) is 13.8 Å². The van der Waals surface area contributed by atoms with Gasteiger partial charge in [0.2, 0.25) is 0 Å². The van der Waals surface area contributed by atoms with Crippen LogP contribution in [0.1, 0.15) is 29.5 Å². The predicted molar refractivity (Wildman–Crippen MR) is 81.1 cm³/mol.